The van der Waals surface area contributed by atoms with Crippen molar-refractivity contribution in [3.8, 4) is 17.0 Å². The van der Waals surface area contributed by atoms with Crippen molar-refractivity contribution in [2.75, 3.05) is 13.4 Å². The molecular formula is C11H11N3OS. The third-order valence-electron chi connectivity index (χ3n) is 2.09. The highest BCUT2D eigenvalue weighted by Crippen LogP contribution is 2.21. The van der Waals surface area contributed by atoms with E-state index < -0.39 is 0 Å². The van der Waals surface area contributed by atoms with Crippen LogP contribution in [0.5, 0.6) is 5.75 Å². The van der Waals surface area contributed by atoms with Crippen LogP contribution in [0.15, 0.2) is 35.6 Å². The van der Waals surface area contributed by atoms with Gasteiger partial charge < -0.3 is 4.74 Å². The van der Waals surface area contributed by atoms with E-state index in [0.717, 1.165) is 17.0 Å². The molecule has 16 heavy (non-hydrogen) atoms. The SMILES string of the molecule is COc1cccc(-c2cnc(SC)nn2)c1. The largest absolute Gasteiger partial charge is 0.497 e. The maximum absolute atomic E-state index is 5.15. The van der Waals surface area contributed by atoms with Gasteiger partial charge in [0, 0.05) is 5.56 Å². The van der Waals surface area contributed by atoms with Gasteiger partial charge in [-0.25, -0.2) is 4.98 Å². The Labute approximate surface area is 98.1 Å². The van der Waals surface area contributed by atoms with Gasteiger partial charge in [-0.15, -0.1) is 10.2 Å². The number of benzene rings is 1. The van der Waals surface area contributed by atoms with Gasteiger partial charge in [0.15, 0.2) is 0 Å². The van der Waals surface area contributed by atoms with Crippen LogP contribution in [-0.2, 0) is 0 Å². The maximum atomic E-state index is 5.15. The molecule has 0 aliphatic carbocycles. The Morgan fingerprint density at radius 3 is 2.75 bits per heavy atom. The van der Waals surface area contributed by atoms with Gasteiger partial charge in [0.1, 0.15) is 11.4 Å². The lowest BCUT2D eigenvalue weighted by molar-refractivity contribution is 0.415. The molecule has 0 aliphatic heterocycles. The summed E-state index contributed by atoms with van der Waals surface area (Å²) in [4.78, 5) is 4.18. The highest BCUT2D eigenvalue weighted by molar-refractivity contribution is 7.98. The van der Waals surface area contributed by atoms with Crippen LogP contribution in [0.3, 0.4) is 0 Å². The Morgan fingerprint density at radius 1 is 1.25 bits per heavy atom. The number of nitrogens with zero attached hydrogens (tertiary/aromatic N) is 3. The summed E-state index contributed by atoms with van der Waals surface area (Å²) in [7, 11) is 1.64. The van der Waals surface area contributed by atoms with Crippen molar-refractivity contribution >= 4 is 11.8 Å². The van der Waals surface area contributed by atoms with Crippen molar-refractivity contribution in [1.82, 2.24) is 15.2 Å². The van der Waals surface area contributed by atoms with Crippen molar-refractivity contribution in [1.29, 1.82) is 0 Å². The first-order chi connectivity index (χ1) is 7.83. The van der Waals surface area contributed by atoms with Crippen LogP contribution in [-0.4, -0.2) is 28.5 Å². The quantitative estimate of drug-likeness (QED) is 0.761. The molecule has 0 amide bonds. The van der Waals surface area contributed by atoms with Crippen LogP contribution in [0.25, 0.3) is 11.3 Å². The fraction of sp³-hybridized carbons (Fsp3) is 0.182. The van der Waals surface area contributed by atoms with Crippen molar-refractivity contribution in [2.45, 2.75) is 5.16 Å². The molecule has 0 bridgehead atoms. The van der Waals surface area contributed by atoms with Gasteiger partial charge in [-0.05, 0) is 18.4 Å². The summed E-state index contributed by atoms with van der Waals surface area (Å²) in [6.45, 7) is 0. The van der Waals surface area contributed by atoms with Gasteiger partial charge in [-0.3, -0.25) is 0 Å². The van der Waals surface area contributed by atoms with Crippen molar-refractivity contribution in [2.24, 2.45) is 0 Å². The number of hydrogen-bond acceptors (Lipinski definition) is 5. The molecular weight excluding hydrogens is 222 g/mol. The van der Waals surface area contributed by atoms with E-state index in [0.29, 0.717) is 5.16 Å². The Morgan fingerprint density at radius 2 is 2.12 bits per heavy atom. The van der Waals surface area contributed by atoms with E-state index in [2.05, 4.69) is 15.2 Å². The second kappa shape index (κ2) is 4.94. The standard InChI is InChI=1S/C11H11N3OS/c1-15-9-5-3-4-8(6-9)10-7-12-11(16-2)14-13-10/h3-7H,1-2H3. The summed E-state index contributed by atoms with van der Waals surface area (Å²) < 4.78 is 5.15. The zero-order valence-corrected chi connectivity index (χ0v) is 9.86. The molecule has 0 radical (unpaired) electrons. The van der Waals surface area contributed by atoms with E-state index >= 15 is 0 Å². The number of rotatable bonds is 3. The molecule has 0 spiro atoms. The summed E-state index contributed by atoms with van der Waals surface area (Å²) >= 11 is 1.47. The third kappa shape index (κ3) is 2.30. The molecule has 0 N–H and O–H groups in total. The molecule has 1 heterocycles. The first-order valence-corrected chi connectivity index (χ1v) is 5.94. The average molecular weight is 233 g/mol. The van der Waals surface area contributed by atoms with E-state index in [1.165, 1.54) is 11.8 Å². The highest BCUT2D eigenvalue weighted by atomic mass is 32.2. The van der Waals surface area contributed by atoms with Crippen molar-refractivity contribution in [3.05, 3.63) is 30.5 Å². The molecule has 82 valence electrons. The van der Waals surface area contributed by atoms with Gasteiger partial charge in [0.2, 0.25) is 5.16 Å². The smallest absolute Gasteiger partial charge is 0.208 e. The molecule has 0 fully saturated rings. The van der Waals surface area contributed by atoms with Crippen LogP contribution < -0.4 is 4.74 Å². The topological polar surface area (TPSA) is 47.9 Å². The molecule has 2 aromatic rings. The fourth-order valence-electron chi connectivity index (χ4n) is 1.27. The minimum absolute atomic E-state index is 0.673. The van der Waals surface area contributed by atoms with Gasteiger partial charge in [0.25, 0.3) is 0 Å². The molecule has 0 saturated carbocycles. The highest BCUT2D eigenvalue weighted by Gasteiger charge is 2.02. The Balaban J connectivity index is 2.34. The molecule has 5 heteroatoms. The molecule has 2 rings (SSSR count). The number of thioether (sulfide) groups is 1. The maximum Gasteiger partial charge on any atom is 0.208 e. The molecule has 1 aromatic carbocycles. The van der Waals surface area contributed by atoms with E-state index in [1.807, 2.05) is 30.5 Å². The van der Waals surface area contributed by atoms with Crippen molar-refractivity contribution < 1.29 is 4.74 Å². The van der Waals surface area contributed by atoms with Crippen LogP contribution in [0.2, 0.25) is 0 Å². The van der Waals surface area contributed by atoms with Crippen molar-refractivity contribution in [3.63, 3.8) is 0 Å². The Bertz CT molecular complexity index is 473. The van der Waals surface area contributed by atoms with Gasteiger partial charge in [-0.2, -0.15) is 0 Å². The zero-order chi connectivity index (χ0) is 11.4. The third-order valence-corrected chi connectivity index (χ3v) is 2.64. The normalized spacial score (nSPS) is 10.1. The number of ether oxygens (including phenoxy) is 1. The second-order valence-corrected chi connectivity index (χ2v) is 3.84. The van der Waals surface area contributed by atoms with Gasteiger partial charge in [0.05, 0.1) is 13.3 Å². The fourth-order valence-corrected chi connectivity index (χ4v) is 1.55. The van der Waals surface area contributed by atoms with Crippen LogP contribution in [0.1, 0.15) is 0 Å². The van der Waals surface area contributed by atoms with Crippen LogP contribution in [0.4, 0.5) is 0 Å². The zero-order valence-electron chi connectivity index (χ0n) is 9.04. The van der Waals surface area contributed by atoms with Gasteiger partial charge >= 0.3 is 0 Å². The summed E-state index contributed by atoms with van der Waals surface area (Å²) in [5.41, 5.74) is 1.70. The van der Waals surface area contributed by atoms with E-state index in [-0.39, 0.29) is 0 Å². The Hall–Kier alpha value is -1.62. The van der Waals surface area contributed by atoms with E-state index in [1.54, 1.807) is 13.3 Å². The molecule has 1 aromatic heterocycles. The number of hydrogen-bond donors (Lipinski definition) is 0. The van der Waals surface area contributed by atoms with Crippen LogP contribution in [0, 0.1) is 0 Å². The summed E-state index contributed by atoms with van der Waals surface area (Å²) in [6, 6.07) is 7.66. The lowest BCUT2D eigenvalue weighted by Gasteiger charge is -2.03. The lowest BCUT2D eigenvalue weighted by Crippen LogP contribution is -1.93. The van der Waals surface area contributed by atoms with E-state index in [9.17, 15) is 0 Å². The molecule has 0 unspecified atom stereocenters. The predicted octanol–water partition coefficient (Wildman–Crippen LogP) is 2.27. The summed E-state index contributed by atoms with van der Waals surface area (Å²) in [5, 5.41) is 8.77. The molecule has 0 saturated heterocycles. The minimum Gasteiger partial charge on any atom is -0.497 e. The first-order valence-electron chi connectivity index (χ1n) is 4.71. The molecule has 0 aliphatic rings. The average Bonchev–Trinajstić information content (AvgIpc) is 2.39. The number of methoxy groups -OCH3 is 1. The molecule has 0 atom stereocenters. The monoisotopic (exact) mass is 233 g/mol. The summed E-state index contributed by atoms with van der Waals surface area (Å²) in [6.07, 6.45) is 3.63. The lowest BCUT2D eigenvalue weighted by atomic mass is 10.1. The minimum atomic E-state index is 0.673. The number of aromatic nitrogens is 3. The van der Waals surface area contributed by atoms with E-state index in [4.69, 9.17) is 4.74 Å². The Kier molecular flexibility index (Phi) is 3.36. The predicted molar refractivity (Wildman–Crippen MR) is 63.6 cm³/mol. The summed E-state index contributed by atoms with van der Waals surface area (Å²) in [5.74, 6) is 0.799. The molecule has 4 nitrogen and oxygen atoms in total. The van der Waals surface area contributed by atoms with Gasteiger partial charge in [-0.1, -0.05) is 23.9 Å². The first kappa shape index (κ1) is 10.9. The van der Waals surface area contributed by atoms with Crippen LogP contribution >= 0.6 is 11.8 Å². The second-order valence-electron chi connectivity index (χ2n) is 3.06.